The standard InChI is InChI=1S/C4H7NOS.C2H6.H2/c1-3(2)5-4(6)7;1-2;/h1H2,2H3,(H2,5,6,7);1-2H3;1H. The van der Waals surface area contributed by atoms with E-state index in [-0.39, 0.29) is 6.67 Å². The van der Waals surface area contributed by atoms with Gasteiger partial charge >= 0.3 is 0 Å². The lowest BCUT2D eigenvalue weighted by Gasteiger charge is -1.93. The van der Waals surface area contributed by atoms with Gasteiger partial charge in [-0.05, 0) is 6.92 Å². The third-order valence-corrected chi connectivity index (χ3v) is 0.432. The maximum atomic E-state index is 9.95. The van der Waals surface area contributed by atoms with Gasteiger partial charge in [-0.2, -0.15) is 0 Å². The van der Waals surface area contributed by atoms with Crippen LogP contribution in [0.5, 0.6) is 0 Å². The van der Waals surface area contributed by atoms with Gasteiger partial charge in [0.15, 0.2) is 0 Å². The van der Waals surface area contributed by atoms with Crippen LogP contribution in [0.3, 0.4) is 0 Å². The summed E-state index contributed by atoms with van der Waals surface area (Å²) in [6, 6.07) is 0. The molecule has 0 saturated heterocycles. The Morgan fingerprint density at radius 1 is 1.67 bits per heavy atom. The molecule has 0 bridgehead atoms. The van der Waals surface area contributed by atoms with Gasteiger partial charge in [0, 0.05) is 7.12 Å². The topological polar surface area (TPSA) is 29.1 Å². The summed E-state index contributed by atoms with van der Waals surface area (Å²) in [7, 11) is 0. The van der Waals surface area contributed by atoms with Gasteiger partial charge in [-0.3, -0.25) is 4.79 Å². The van der Waals surface area contributed by atoms with Gasteiger partial charge in [0.2, 0.25) is 0 Å². The molecule has 0 spiro atoms. The Morgan fingerprint density at radius 2 is 2.00 bits per heavy atom. The van der Waals surface area contributed by atoms with Crippen LogP contribution in [0.1, 0.15) is 22.2 Å². The van der Waals surface area contributed by atoms with Gasteiger partial charge in [-0.25, -0.2) is 0 Å². The van der Waals surface area contributed by atoms with E-state index in [9.17, 15) is 4.79 Å². The van der Waals surface area contributed by atoms with Crippen molar-refractivity contribution in [1.29, 1.82) is 0 Å². The molecule has 0 radical (unpaired) electrons. The first-order chi connectivity index (χ1) is 4.13. The maximum Gasteiger partial charge on any atom is 0.280 e. The van der Waals surface area contributed by atoms with Crippen LogP contribution in [0.4, 0.5) is 4.79 Å². The summed E-state index contributed by atoms with van der Waals surface area (Å²) in [6.45, 7) is 9.10. The van der Waals surface area contributed by atoms with Gasteiger partial charge in [0.1, 0.15) is 0 Å². The zero-order valence-electron chi connectivity index (χ0n) is 6.06. The minimum atomic E-state index is -0.368. The van der Waals surface area contributed by atoms with E-state index in [0.717, 1.165) is 0 Å². The molecule has 0 aromatic carbocycles. The summed E-state index contributed by atoms with van der Waals surface area (Å²) < 4.78 is 0. The van der Waals surface area contributed by atoms with Crippen molar-refractivity contribution in [3.63, 3.8) is 0 Å². The number of carbonyl (C=O) groups is 1. The first-order valence-electron chi connectivity index (χ1n) is 2.78. The van der Waals surface area contributed by atoms with E-state index in [0.29, 0.717) is 5.70 Å². The molecule has 0 aliphatic heterocycles. The van der Waals surface area contributed by atoms with Crippen LogP contribution in [-0.2, 0) is 0 Å². The molecular formula is C6H15NOS. The fourth-order valence-electron chi connectivity index (χ4n) is 0.183. The smallest absolute Gasteiger partial charge is 0.280 e. The van der Waals surface area contributed by atoms with E-state index in [1.807, 2.05) is 13.8 Å². The molecule has 0 rings (SSSR count). The third-order valence-electron chi connectivity index (χ3n) is 0.320. The highest BCUT2D eigenvalue weighted by Gasteiger charge is 1.85. The van der Waals surface area contributed by atoms with Crippen LogP contribution in [-0.4, -0.2) is 5.24 Å². The molecule has 0 saturated carbocycles. The summed E-state index contributed by atoms with van der Waals surface area (Å²) >= 11 is 3.43. The first-order valence-corrected chi connectivity index (χ1v) is 3.23. The molecule has 1 amide bonds. The van der Waals surface area contributed by atoms with Crippen molar-refractivity contribution in [3.05, 3.63) is 12.3 Å². The zero-order valence-corrected chi connectivity index (χ0v) is 6.96. The maximum absolute atomic E-state index is 9.95. The number of hydrogen-bond donors (Lipinski definition) is 2. The minimum absolute atomic E-state index is 0. The largest absolute Gasteiger partial charge is 0.322 e. The Hall–Kier alpha value is -0.440. The van der Waals surface area contributed by atoms with Crippen molar-refractivity contribution in [3.8, 4) is 0 Å². The lowest BCUT2D eigenvalue weighted by molar-refractivity contribution is 0.263. The van der Waals surface area contributed by atoms with E-state index in [1.54, 1.807) is 6.92 Å². The Kier molecular flexibility index (Phi) is 9.55. The van der Waals surface area contributed by atoms with Crippen LogP contribution < -0.4 is 5.32 Å². The molecule has 56 valence electrons. The molecule has 0 aliphatic carbocycles. The minimum Gasteiger partial charge on any atom is -0.322 e. The highest BCUT2D eigenvalue weighted by molar-refractivity contribution is 7.96. The molecule has 9 heavy (non-hydrogen) atoms. The van der Waals surface area contributed by atoms with Gasteiger partial charge < -0.3 is 5.32 Å². The Labute approximate surface area is 63.2 Å². The predicted octanol–water partition coefficient (Wildman–Crippen LogP) is 2.43. The number of thiol groups is 1. The summed E-state index contributed by atoms with van der Waals surface area (Å²) in [5.41, 5.74) is 0.611. The van der Waals surface area contributed by atoms with Crippen molar-refractivity contribution >= 4 is 17.9 Å². The Balaban J connectivity index is -0.000000149. The van der Waals surface area contributed by atoms with Crippen molar-refractivity contribution in [2.75, 3.05) is 0 Å². The fraction of sp³-hybridized carbons (Fsp3) is 0.500. The van der Waals surface area contributed by atoms with Crippen LogP contribution in [0.2, 0.25) is 0 Å². The van der Waals surface area contributed by atoms with Crippen molar-refractivity contribution in [1.82, 2.24) is 5.32 Å². The third kappa shape index (κ3) is 18.4. The van der Waals surface area contributed by atoms with Crippen molar-refractivity contribution in [2.45, 2.75) is 20.8 Å². The molecule has 0 heterocycles. The molecule has 0 aliphatic rings. The van der Waals surface area contributed by atoms with Gasteiger partial charge in [-0.15, -0.1) is 0 Å². The van der Waals surface area contributed by atoms with Gasteiger partial charge in [0.25, 0.3) is 5.24 Å². The van der Waals surface area contributed by atoms with E-state index in [2.05, 4.69) is 24.5 Å². The van der Waals surface area contributed by atoms with E-state index in [4.69, 9.17) is 0 Å². The average Bonchev–Trinajstić information content (AvgIpc) is 1.68. The second-order valence-corrected chi connectivity index (χ2v) is 1.62. The Morgan fingerprint density at radius 3 is 2.00 bits per heavy atom. The molecular weight excluding hydrogens is 134 g/mol. The highest BCUT2D eigenvalue weighted by Crippen LogP contribution is 1.81. The normalized spacial score (nSPS) is 6.67. The number of amides is 1. The summed E-state index contributed by atoms with van der Waals surface area (Å²) in [6.07, 6.45) is 0. The number of nitrogens with one attached hydrogen (secondary N) is 1. The summed E-state index contributed by atoms with van der Waals surface area (Å²) in [4.78, 5) is 9.95. The lowest BCUT2D eigenvalue weighted by Crippen LogP contribution is -2.11. The van der Waals surface area contributed by atoms with Crippen LogP contribution in [0.15, 0.2) is 12.3 Å². The Bertz CT molecular complexity index is 93.9. The molecule has 1 N–H and O–H groups in total. The molecule has 0 atom stereocenters. The van der Waals surface area contributed by atoms with Crippen LogP contribution >= 0.6 is 12.6 Å². The highest BCUT2D eigenvalue weighted by atomic mass is 32.1. The average molecular weight is 149 g/mol. The van der Waals surface area contributed by atoms with Crippen molar-refractivity contribution in [2.24, 2.45) is 0 Å². The number of hydrogen-bond acceptors (Lipinski definition) is 1. The van der Waals surface area contributed by atoms with Crippen molar-refractivity contribution < 1.29 is 6.22 Å². The van der Waals surface area contributed by atoms with Crippen LogP contribution in [0, 0.1) is 0 Å². The first kappa shape index (κ1) is 11.4. The van der Waals surface area contributed by atoms with Crippen LogP contribution in [0.25, 0.3) is 0 Å². The monoisotopic (exact) mass is 149 g/mol. The van der Waals surface area contributed by atoms with E-state index < -0.39 is 0 Å². The van der Waals surface area contributed by atoms with E-state index in [1.165, 1.54) is 0 Å². The molecule has 0 unspecified atom stereocenters. The zero-order chi connectivity index (χ0) is 7.86. The number of carbonyl (C=O) groups excluding carboxylic acids is 1. The summed E-state index contributed by atoms with van der Waals surface area (Å²) in [5.74, 6) is 0. The van der Waals surface area contributed by atoms with Gasteiger partial charge in [0.05, 0.1) is 0 Å². The second-order valence-electron chi connectivity index (χ2n) is 1.21. The summed E-state index contributed by atoms with van der Waals surface area (Å²) in [5, 5.41) is 1.97. The SMILES string of the molecule is C=C(C)NC(=O)S.CC.[HH]. The molecule has 2 nitrogen and oxygen atoms in total. The molecule has 0 aromatic heterocycles. The van der Waals surface area contributed by atoms with Gasteiger partial charge in [-0.1, -0.05) is 33.1 Å². The fourth-order valence-corrected chi connectivity index (χ4v) is 0.373. The molecule has 0 fully saturated rings. The molecule has 0 aromatic rings. The second kappa shape index (κ2) is 7.56. The number of rotatable bonds is 1. The quantitative estimate of drug-likeness (QED) is 0.551. The number of allylic oxidation sites excluding steroid dienone is 1. The lowest BCUT2D eigenvalue weighted by atomic mass is 10.6. The van der Waals surface area contributed by atoms with E-state index >= 15 is 0 Å². The molecule has 3 heteroatoms. The predicted molar refractivity (Wildman–Crippen MR) is 45.8 cm³/mol.